The predicted molar refractivity (Wildman–Crippen MR) is 196 cm³/mol. The molecule has 2 atom stereocenters. The number of benzene rings is 5. The van der Waals surface area contributed by atoms with Gasteiger partial charge in [0.1, 0.15) is 11.3 Å². The van der Waals surface area contributed by atoms with Gasteiger partial charge in [-0.05, 0) is 147 Å². The molecule has 4 saturated carbocycles. The van der Waals surface area contributed by atoms with Gasteiger partial charge in [-0.25, -0.2) is 17.6 Å². The zero-order valence-corrected chi connectivity index (χ0v) is 31.2. The normalized spacial score (nSPS) is 21.4. The Morgan fingerprint density at radius 3 is 1.42 bits per heavy atom. The molecule has 0 aromatic heterocycles. The summed E-state index contributed by atoms with van der Waals surface area (Å²) in [5.41, 5.74) is -6.32. The molecule has 0 aliphatic heterocycles. The van der Waals surface area contributed by atoms with Crippen LogP contribution in [0.15, 0.2) is 84.9 Å². The van der Waals surface area contributed by atoms with Gasteiger partial charge in [0.15, 0.2) is 23.3 Å². The maximum Gasteiger partial charge on any atom is 0.422 e. The van der Waals surface area contributed by atoms with Gasteiger partial charge in [-0.2, -0.15) is 39.5 Å². The quantitative estimate of drug-likeness (QED) is 0.119. The molecule has 5 aromatic carbocycles. The zero-order chi connectivity index (χ0) is 42.6. The number of anilines is 5. The van der Waals surface area contributed by atoms with E-state index >= 15 is 17.6 Å². The average molecular weight is 837 g/mol. The van der Waals surface area contributed by atoms with E-state index in [2.05, 4.69) is 0 Å². The Kier molecular flexibility index (Phi) is 9.58. The Morgan fingerprint density at radius 2 is 0.966 bits per heavy atom. The number of hydrogen-bond donors (Lipinski definition) is 0. The van der Waals surface area contributed by atoms with Crippen LogP contribution in [0.3, 0.4) is 0 Å². The molecule has 4 fully saturated rings. The Labute approximate surface area is 329 Å². The molecule has 4 aliphatic carbocycles. The van der Waals surface area contributed by atoms with Crippen molar-refractivity contribution >= 4 is 28.4 Å². The topological polar surface area (TPSA) is 6.48 Å². The van der Waals surface area contributed by atoms with Crippen molar-refractivity contribution < 1.29 is 57.1 Å². The largest absolute Gasteiger partial charge is 0.422 e. The van der Waals surface area contributed by atoms with Crippen LogP contribution >= 0.6 is 0 Å². The lowest BCUT2D eigenvalue weighted by atomic mass is 9.79. The molecule has 59 heavy (non-hydrogen) atoms. The zero-order valence-electron chi connectivity index (χ0n) is 31.2. The number of rotatable bonds is 7. The van der Waals surface area contributed by atoms with Gasteiger partial charge in [-0.1, -0.05) is 24.3 Å². The first-order valence-electron chi connectivity index (χ1n) is 18.7. The molecule has 0 heterocycles. The summed E-state index contributed by atoms with van der Waals surface area (Å²) in [6.07, 6.45) is -12.5. The van der Waals surface area contributed by atoms with E-state index in [0.717, 1.165) is 35.6 Å². The number of nitrogens with zero attached hydrogens (tertiary/aromatic N) is 2. The first-order valence-corrected chi connectivity index (χ1v) is 18.7. The number of alkyl halides is 9. The lowest BCUT2D eigenvalue weighted by Gasteiger charge is -2.45. The summed E-state index contributed by atoms with van der Waals surface area (Å²) in [4.78, 5) is 2.35. The standard InChI is InChI=1S/C44H33F13N2/c1-22-9-29(42(49,50)51)18-33(11-22)58(34-12-23(2)10-30(19-34)43(52,53)54)31-7-3-5-26(16-31)27-6-4-8-32(17-27)59(41-20-24-13-25(21-41)15-28(41)14-24)40-38(47)36(45)35(44(55,56)57)37(46)39(40)48/h3-12,16-19,24-25,28H,13-15,20-21H2,1-2H3. The fourth-order valence-corrected chi connectivity index (χ4v) is 10.0. The first kappa shape index (κ1) is 40.6. The third kappa shape index (κ3) is 7.07. The second-order valence-corrected chi connectivity index (χ2v) is 16.0. The SMILES string of the molecule is Cc1cc(N(c2cccc(-c3cccc(N(c4c(F)c(F)c(C(F)(F)F)c(F)c4F)C45CC6CC(CC4C6)C5)c3)c2)c2cc(C)cc(C(F)(F)F)c2)cc(C(F)(F)F)c1. The minimum absolute atomic E-state index is 0.0105. The van der Waals surface area contributed by atoms with Crippen LogP contribution in [0.2, 0.25) is 0 Å². The predicted octanol–water partition coefficient (Wildman–Crippen LogP) is 14.8. The number of hydrogen-bond acceptors (Lipinski definition) is 2. The lowest BCUT2D eigenvalue weighted by molar-refractivity contribution is -0.143. The highest BCUT2D eigenvalue weighted by Crippen LogP contribution is 2.65. The van der Waals surface area contributed by atoms with E-state index in [1.807, 2.05) is 0 Å². The minimum Gasteiger partial charge on any atom is -0.330 e. The highest BCUT2D eigenvalue weighted by molar-refractivity contribution is 5.82. The molecule has 9 rings (SSSR count). The molecule has 0 radical (unpaired) electrons. The van der Waals surface area contributed by atoms with Gasteiger partial charge < -0.3 is 9.80 Å². The Hall–Kier alpha value is -5.21. The van der Waals surface area contributed by atoms with Crippen LogP contribution in [-0.4, -0.2) is 5.54 Å². The van der Waals surface area contributed by atoms with Crippen molar-refractivity contribution in [2.75, 3.05) is 9.80 Å². The van der Waals surface area contributed by atoms with Crippen LogP contribution in [0.5, 0.6) is 0 Å². The molecule has 310 valence electrons. The second-order valence-electron chi connectivity index (χ2n) is 16.0. The van der Waals surface area contributed by atoms with Crippen LogP contribution < -0.4 is 9.80 Å². The van der Waals surface area contributed by atoms with Crippen molar-refractivity contribution in [3.63, 3.8) is 0 Å². The van der Waals surface area contributed by atoms with Crippen molar-refractivity contribution in [1.82, 2.24) is 0 Å². The van der Waals surface area contributed by atoms with E-state index in [1.165, 1.54) is 67.3 Å². The molecule has 15 heteroatoms. The van der Waals surface area contributed by atoms with Crippen molar-refractivity contribution in [2.24, 2.45) is 17.8 Å². The Balaban J connectivity index is 1.30. The summed E-state index contributed by atoms with van der Waals surface area (Å²) in [6.45, 7) is 2.81. The van der Waals surface area contributed by atoms with Gasteiger partial charge in [0, 0.05) is 28.3 Å². The van der Waals surface area contributed by atoms with Crippen molar-refractivity contribution in [2.45, 2.75) is 70.0 Å². The van der Waals surface area contributed by atoms with Crippen molar-refractivity contribution in [1.29, 1.82) is 0 Å². The van der Waals surface area contributed by atoms with E-state index in [-0.39, 0.29) is 51.6 Å². The third-order valence-electron chi connectivity index (χ3n) is 12.0. The average Bonchev–Trinajstić information content (AvgIpc) is 3.54. The summed E-state index contributed by atoms with van der Waals surface area (Å²) in [5.74, 6) is -9.55. The molecule has 0 saturated heterocycles. The highest BCUT2D eigenvalue weighted by atomic mass is 19.4. The van der Waals surface area contributed by atoms with Gasteiger partial charge >= 0.3 is 18.5 Å². The molecule has 4 aliphatic rings. The Bertz CT molecular complexity index is 2360. The Morgan fingerprint density at radius 1 is 0.508 bits per heavy atom. The van der Waals surface area contributed by atoms with Gasteiger partial charge in [0.25, 0.3) is 0 Å². The number of halogens is 13. The molecule has 0 N–H and O–H groups in total. The van der Waals surface area contributed by atoms with E-state index in [4.69, 9.17) is 0 Å². The summed E-state index contributed by atoms with van der Waals surface area (Å²) >= 11 is 0. The molecular weight excluding hydrogens is 803 g/mol. The van der Waals surface area contributed by atoms with Crippen LogP contribution in [0.4, 0.5) is 85.5 Å². The van der Waals surface area contributed by atoms with E-state index in [1.54, 1.807) is 12.1 Å². The van der Waals surface area contributed by atoms with Crippen LogP contribution in [0.1, 0.15) is 59.9 Å². The van der Waals surface area contributed by atoms with Crippen molar-refractivity contribution in [3.05, 3.63) is 136 Å². The molecule has 0 amide bonds. The third-order valence-corrected chi connectivity index (χ3v) is 12.0. The van der Waals surface area contributed by atoms with Gasteiger partial charge in [0.2, 0.25) is 0 Å². The molecule has 2 unspecified atom stereocenters. The van der Waals surface area contributed by atoms with Crippen LogP contribution in [0.25, 0.3) is 11.1 Å². The molecule has 0 spiro atoms. The van der Waals surface area contributed by atoms with Crippen molar-refractivity contribution in [3.8, 4) is 11.1 Å². The van der Waals surface area contributed by atoms with Gasteiger partial charge in [-0.3, -0.25) is 0 Å². The summed E-state index contributed by atoms with van der Waals surface area (Å²) in [6, 6.07) is 18.1. The lowest BCUT2D eigenvalue weighted by Crippen LogP contribution is -2.48. The van der Waals surface area contributed by atoms with Crippen LogP contribution in [-0.2, 0) is 18.5 Å². The van der Waals surface area contributed by atoms with E-state index in [0.29, 0.717) is 36.8 Å². The molecule has 5 aromatic rings. The van der Waals surface area contributed by atoms with Crippen LogP contribution in [0, 0.1) is 54.9 Å². The summed E-state index contributed by atoms with van der Waals surface area (Å²) in [7, 11) is 0. The fraction of sp³-hybridized carbons (Fsp3) is 0.318. The molecule has 2 nitrogen and oxygen atoms in total. The monoisotopic (exact) mass is 836 g/mol. The first-order chi connectivity index (χ1) is 27.5. The summed E-state index contributed by atoms with van der Waals surface area (Å²) < 4.78 is 188. The van der Waals surface area contributed by atoms with E-state index in [9.17, 15) is 39.5 Å². The number of aryl methyl sites for hydroxylation is 2. The second kappa shape index (κ2) is 13.9. The maximum absolute atomic E-state index is 16.1. The van der Waals surface area contributed by atoms with Gasteiger partial charge in [0.05, 0.1) is 11.1 Å². The molecule has 4 bridgehead atoms. The minimum atomic E-state index is -5.75. The maximum atomic E-state index is 16.1. The smallest absolute Gasteiger partial charge is 0.330 e. The summed E-state index contributed by atoms with van der Waals surface area (Å²) in [5, 5.41) is 0. The van der Waals surface area contributed by atoms with E-state index < -0.39 is 69.7 Å². The fourth-order valence-electron chi connectivity index (χ4n) is 10.0. The highest BCUT2D eigenvalue weighted by Gasteiger charge is 2.62. The van der Waals surface area contributed by atoms with Gasteiger partial charge in [-0.15, -0.1) is 0 Å². The molecular formula is C44H33F13N2.